The Morgan fingerprint density at radius 1 is 1.48 bits per heavy atom. The maximum atomic E-state index is 12.9. The molecule has 27 heavy (non-hydrogen) atoms. The fourth-order valence-electron chi connectivity index (χ4n) is 2.90. The number of ether oxygens (including phenoxy) is 1. The van der Waals surface area contributed by atoms with Crippen molar-refractivity contribution in [2.45, 2.75) is 13.0 Å². The number of carbonyl (C=O) groups is 1. The zero-order valence-corrected chi connectivity index (χ0v) is 17.4. The first-order valence-electron chi connectivity index (χ1n) is 8.64. The Labute approximate surface area is 173 Å². The van der Waals surface area contributed by atoms with Crippen LogP contribution in [0.4, 0.5) is 5.13 Å². The highest BCUT2D eigenvalue weighted by atomic mass is 35.5. The maximum Gasteiger partial charge on any atom is 0.243 e. The van der Waals surface area contributed by atoms with Crippen LogP contribution >= 0.6 is 34.5 Å². The summed E-state index contributed by atoms with van der Waals surface area (Å²) >= 11 is 13.5. The molecule has 0 spiro atoms. The maximum absolute atomic E-state index is 12.9. The molecule has 1 aromatic carbocycles. The van der Waals surface area contributed by atoms with Crippen LogP contribution in [0.1, 0.15) is 6.92 Å². The minimum atomic E-state index is -0.000890. The van der Waals surface area contributed by atoms with E-state index in [1.807, 2.05) is 18.4 Å². The molecule has 5 nitrogen and oxygen atoms in total. The normalized spacial score (nSPS) is 17.7. The third-order valence-corrected chi connectivity index (χ3v) is 5.84. The van der Waals surface area contributed by atoms with Crippen LogP contribution in [0, 0.1) is 0 Å². The number of carbonyl (C=O) groups excluding carboxylic acids is 1. The van der Waals surface area contributed by atoms with Gasteiger partial charge in [-0.15, -0.1) is 17.9 Å². The zero-order chi connectivity index (χ0) is 19.4. The Balaban J connectivity index is 1.76. The van der Waals surface area contributed by atoms with Gasteiger partial charge in [-0.1, -0.05) is 35.3 Å². The van der Waals surface area contributed by atoms with Crippen LogP contribution in [0.3, 0.4) is 0 Å². The summed E-state index contributed by atoms with van der Waals surface area (Å²) in [5.41, 5.74) is 1.62. The lowest BCUT2D eigenvalue weighted by molar-refractivity contribution is -0.121. The Bertz CT molecular complexity index is 827. The molecule has 1 aliphatic rings. The second-order valence-electron chi connectivity index (χ2n) is 6.35. The minimum Gasteiger partial charge on any atom is -0.376 e. The molecule has 0 bridgehead atoms. The van der Waals surface area contributed by atoms with E-state index in [1.54, 1.807) is 23.1 Å². The van der Waals surface area contributed by atoms with Crippen molar-refractivity contribution in [2.75, 3.05) is 37.7 Å². The molecule has 2 aromatic rings. The SMILES string of the molecule is C=CCN(C(=O)CN1CCOC(C)C1)c1nc(-c2ccc(Cl)c(Cl)c2)cs1. The first-order chi connectivity index (χ1) is 13.0. The average molecular weight is 426 g/mol. The van der Waals surface area contributed by atoms with Crippen molar-refractivity contribution >= 4 is 45.6 Å². The Morgan fingerprint density at radius 2 is 2.30 bits per heavy atom. The van der Waals surface area contributed by atoms with Gasteiger partial charge in [0.1, 0.15) is 0 Å². The molecule has 0 saturated carbocycles. The molecule has 2 heterocycles. The molecule has 1 amide bonds. The van der Waals surface area contributed by atoms with Crippen LogP contribution < -0.4 is 4.90 Å². The van der Waals surface area contributed by atoms with Gasteiger partial charge in [-0.05, 0) is 19.1 Å². The second-order valence-corrected chi connectivity index (χ2v) is 8.00. The van der Waals surface area contributed by atoms with Crippen LogP contribution in [-0.2, 0) is 9.53 Å². The van der Waals surface area contributed by atoms with Crippen molar-refractivity contribution < 1.29 is 9.53 Å². The van der Waals surface area contributed by atoms with Gasteiger partial charge in [0.2, 0.25) is 5.91 Å². The van der Waals surface area contributed by atoms with E-state index in [2.05, 4.69) is 16.5 Å². The number of rotatable bonds is 6. The van der Waals surface area contributed by atoms with Gasteiger partial charge in [0.25, 0.3) is 0 Å². The summed E-state index contributed by atoms with van der Waals surface area (Å²) in [6, 6.07) is 5.38. The summed E-state index contributed by atoms with van der Waals surface area (Å²) in [5, 5.41) is 3.53. The highest BCUT2D eigenvalue weighted by Crippen LogP contribution is 2.31. The fourth-order valence-corrected chi connectivity index (χ4v) is 4.06. The van der Waals surface area contributed by atoms with Crippen molar-refractivity contribution in [1.82, 2.24) is 9.88 Å². The van der Waals surface area contributed by atoms with E-state index in [1.165, 1.54) is 11.3 Å². The number of benzene rings is 1. The number of nitrogens with zero attached hydrogens (tertiary/aromatic N) is 3. The molecule has 1 unspecified atom stereocenters. The second kappa shape index (κ2) is 9.17. The number of thiazole rings is 1. The molecule has 0 radical (unpaired) electrons. The summed E-state index contributed by atoms with van der Waals surface area (Å²) in [6.07, 6.45) is 1.85. The van der Waals surface area contributed by atoms with E-state index in [0.717, 1.165) is 24.3 Å². The first kappa shape index (κ1) is 20.3. The van der Waals surface area contributed by atoms with Gasteiger partial charge < -0.3 is 4.74 Å². The van der Waals surface area contributed by atoms with Crippen LogP contribution in [0.2, 0.25) is 10.0 Å². The summed E-state index contributed by atoms with van der Waals surface area (Å²) in [4.78, 5) is 21.3. The zero-order valence-electron chi connectivity index (χ0n) is 15.0. The molecule has 3 rings (SSSR count). The predicted molar refractivity (Wildman–Crippen MR) is 112 cm³/mol. The number of amides is 1. The molecule has 1 aliphatic heterocycles. The summed E-state index contributed by atoms with van der Waals surface area (Å²) < 4.78 is 5.54. The Hall–Kier alpha value is -1.44. The van der Waals surface area contributed by atoms with E-state index >= 15 is 0 Å². The average Bonchev–Trinajstić information content (AvgIpc) is 3.11. The first-order valence-corrected chi connectivity index (χ1v) is 10.3. The fraction of sp³-hybridized carbons (Fsp3) is 0.368. The highest BCUT2D eigenvalue weighted by Gasteiger charge is 2.24. The molecule has 0 N–H and O–H groups in total. The van der Waals surface area contributed by atoms with E-state index in [9.17, 15) is 4.79 Å². The molecule has 144 valence electrons. The van der Waals surface area contributed by atoms with Crippen molar-refractivity contribution in [3.05, 3.63) is 46.3 Å². The van der Waals surface area contributed by atoms with Gasteiger partial charge >= 0.3 is 0 Å². The van der Waals surface area contributed by atoms with Crippen molar-refractivity contribution in [3.63, 3.8) is 0 Å². The van der Waals surface area contributed by atoms with Crippen LogP contribution in [-0.4, -0.2) is 54.7 Å². The van der Waals surface area contributed by atoms with E-state index < -0.39 is 0 Å². The largest absolute Gasteiger partial charge is 0.376 e. The van der Waals surface area contributed by atoms with Gasteiger partial charge in [0, 0.05) is 30.6 Å². The number of hydrogen-bond acceptors (Lipinski definition) is 5. The monoisotopic (exact) mass is 425 g/mol. The van der Waals surface area contributed by atoms with Crippen LogP contribution in [0.25, 0.3) is 11.3 Å². The van der Waals surface area contributed by atoms with Crippen molar-refractivity contribution in [1.29, 1.82) is 0 Å². The van der Waals surface area contributed by atoms with Gasteiger partial charge in [0.05, 0.1) is 35.0 Å². The van der Waals surface area contributed by atoms with Crippen molar-refractivity contribution in [3.8, 4) is 11.3 Å². The lowest BCUT2D eigenvalue weighted by Crippen LogP contribution is -2.47. The molecule has 1 aromatic heterocycles. The van der Waals surface area contributed by atoms with Gasteiger partial charge in [0.15, 0.2) is 5.13 Å². The summed E-state index contributed by atoms with van der Waals surface area (Å²) in [5.74, 6) is -0.000890. The third kappa shape index (κ3) is 5.09. The predicted octanol–water partition coefficient (Wildman–Crippen LogP) is 4.36. The van der Waals surface area contributed by atoms with E-state index in [0.29, 0.717) is 34.9 Å². The van der Waals surface area contributed by atoms with Crippen LogP contribution in [0.5, 0.6) is 0 Å². The summed E-state index contributed by atoms with van der Waals surface area (Å²) in [6.45, 7) is 8.69. The number of anilines is 1. The van der Waals surface area contributed by atoms with Gasteiger partial charge in [-0.3, -0.25) is 14.6 Å². The van der Waals surface area contributed by atoms with Gasteiger partial charge in [-0.2, -0.15) is 0 Å². The Kier molecular flexibility index (Phi) is 6.89. The number of morpholine rings is 1. The quantitative estimate of drug-likeness (QED) is 0.645. The molecule has 8 heteroatoms. The van der Waals surface area contributed by atoms with Crippen LogP contribution in [0.15, 0.2) is 36.2 Å². The third-order valence-electron chi connectivity index (χ3n) is 4.24. The Morgan fingerprint density at radius 3 is 3.00 bits per heavy atom. The smallest absolute Gasteiger partial charge is 0.243 e. The lowest BCUT2D eigenvalue weighted by Gasteiger charge is -2.31. The number of halogens is 2. The number of aromatic nitrogens is 1. The van der Waals surface area contributed by atoms with Gasteiger partial charge in [-0.25, -0.2) is 4.98 Å². The lowest BCUT2D eigenvalue weighted by atomic mass is 10.2. The standard InChI is InChI=1S/C19H21Cl2N3O2S/c1-3-6-24(18(25)11-23-7-8-26-13(2)10-23)19-22-17(12-27-19)14-4-5-15(20)16(21)9-14/h3-5,9,12-13H,1,6-8,10-11H2,2H3. The number of hydrogen-bond donors (Lipinski definition) is 0. The van der Waals surface area contributed by atoms with E-state index in [4.69, 9.17) is 27.9 Å². The topological polar surface area (TPSA) is 45.7 Å². The van der Waals surface area contributed by atoms with Crippen molar-refractivity contribution in [2.24, 2.45) is 0 Å². The van der Waals surface area contributed by atoms with E-state index in [-0.39, 0.29) is 12.0 Å². The highest BCUT2D eigenvalue weighted by molar-refractivity contribution is 7.14. The molecule has 1 saturated heterocycles. The molecule has 0 aliphatic carbocycles. The molecule has 1 atom stereocenters. The molecular formula is C19H21Cl2N3O2S. The molecule has 1 fully saturated rings. The summed E-state index contributed by atoms with van der Waals surface area (Å²) in [7, 11) is 0. The molecular weight excluding hydrogens is 405 g/mol. The minimum absolute atomic E-state index is 0.000890.